The Balaban J connectivity index is 2.50. The number of hydrogen-bond donors (Lipinski definition) is 1. The van der Waals surface area contributed by atoms with Crippen molar-refractivity contribution in [2.75, 3.05) is 32.9 Å². The maximum Gasteiger partial charge on any atom is 0.409 e. The van der Waals surface area contributed by atoms with Gasteiger partial charge in [-0.05, 0) is 38.0 Å². The van der Waals surface area contributed by atoms with Gasteiger partial charge < -0.3 is 24.2 Å². The Morgan fingerprint density at radius 2 is 1.72 bits per heavy atom. The Morgan fingerprint density at radius 3 is 2.31 bits per heavy atom. The average Bonchev–Trinajstić information content (AvgIpc) is 2.70. The van der Waals surface area contributed by atoms with Gasteiger partial charge in [0.15, 0.2) is 6.10 Å². The second kappa shape index (κ2) is 14.7. The number of carbonyl (C=O) groups excluding carboxylic acids is 1. The van der Waals surface area contributed by atoms with E-state index < -0.39 is 12.1 Å². The van der Waals surface area contributed by atoms with Crippen LogP contribution < -0.4 is 4.74 Å². The van der Waals surface area contributed by atoms with Crippen molar-refractivity contribution in [2.45, 2.75) is 59.0 Å². The number of carbonyl (C=O) groups is 2. The third kappa shape index (κ3) is 10.2. The fourth-order valence-electron chi connectivity index (χ4n) is 2.87. The van der Waals surface area contributed by atoms with Crippen LogP contribution in [0.15, 0.2) is 24.3 Å². The van der Waals surface area contributed by atoms with Gasteiger partial charge in [-0.15, -0.1) is 0 Å². The lowest BCUT2D eigenvalue weighted by atomic mass is 10.1. The largest absolute Gasteiger partial charge is 0.492 e. The van der Waals surface area contributed by atoms with Crippen molar-refractivity contribution in [3.63, 3.8) is 0 Å². The maximum absolute atomic E-state index is 12.1. The van der Waals surface area contributed by atoms with Gasteiger partial charge in [-0.25, -0.2) is 9.59 Å². The van der Waals surface area contributed by atoms with Crippen LogP contribution in [0.3, 0.4) is 0 Å². The minimum atomic E-state index is -0.967. The second-order valence-electron chi connectivity index (χ2n) is 6.73. The standard InChI is InChI=1S/C22H35NO6/c1-4-7-8-9-14-23(22(26)28-6-3)15-16-29-19-12-10-18(11-13-19)17-20(21(24)25)27-5-2/h10-13,20H,4-9,14-17H2,1-3H3,(H,24,25). The van der Waals surface area contributed by atoms with Crippen LogP contribution in [0.1, 0.15) is 52.0 Å². The number of ether oxygens (including phenoxy) is 3. The van der Waals surface area contributed by atoms with E-state index in [-0.39, 0.29) is 6.09 Å². The molecule has 0 saturated heterocycles. The van der Waals surface area contributed by atoms with Gasteiger partial charge >= 0.3 is 12.1 Å². The van der Waals surface area contributed by atoms with Crippen molar-refractivity contribution in [1.82, 2.24) is 4.90 Å². The number of carboxylic acid groups (broad SMARTS) is 1. The smallest absolute Gasteiger partial charge is 0.409 e. The van der Waals surface area contributed by atoms with Gasteiger partial charge in [0.25, 0.3) is 0 Å². The molecule has 0 heterocycles. The van der Waals surface area contributed by atoms with E-state index >= 15 is 0 Å². The molecule has 1 aromatic rings. The zero-order valence-corrected chi connectivity index (χ0v) is 17.9. The fraction of sp³-hybridized carbons (Fsp3) is 0.636. The van der Waals surface area contributed by atoms with Crippen molar-refractivity contribution in [3.05, 3.63) is 29.8 Å². The predicted octanol–water partition coefficient (Wildman–Crippen LogP) is 4.14. The molecule has 7 nitrogen and oxygen atoms in total. The van der Waals surface area contributed by atoms with Crippen LogP contribution in [0.25, 0.3) is 0 Å². The van der Waals surface area contributed by atoms with Gasteiger partial charge in [0.05, 0.1) is 13.2 Å². The molecule has 164 valence electrons. The van der Waals surface area contributed by atoms with E-state index in [1.165, 1.54) is 0 Å². The molecule has 1 N–H and O–H groups in total. The highest BCUT2D eigenvalue weighted by Gasteiger charge is 2.18. The number of carboxylic acids is 1. The van der Waals surface area contributed by atoms with E-state index in [2.05, 4.69) is 6.92 Å². The Kier molecular flexibility index (Phi) is 12.5. The maximum atomic E-state index is 12.1. The highest BCUT2D eigenvalue weighted by molar-refractivity contribution is 5.72. The van der Waals surface area contributed by atoms with Crippen LogP contribution >= 0.6 is 0 Å². The number of benzene rings is 1. The quantitative estimate of drug-likeness (QED) is 0.438. The van der Waals surface area contributed by atoms with E-state index in [1.807, 2.05) is 12.1 Å². The van der Waals surface area contributed by atoms with Crippen LogP contribution in [0.2, 0.25) is 0 Å². The molecule has 0 aliphatic rings. The zero-order chi connectivity index (χ0) is 21.5. The lowest BCUT2D eigenvalue weighted by Crippen LogP contribution is -2.36. The number of unbranched alkanes of at least 4 members (excludes halogenated alkanes) is 3. The molecule has 0 aliphatic carbocycles. The van der Waals surface area contributed by atoms with E-state index in [1.54, 1.807) is 30.9 Å². The summed E-state index contributed by atoms with van der Waals surface area (Å²) in [5.74, 6) is -0.294. The van der Waals surface area contributed by atoms with E-state index in [0.717, 1.165) is 31.2 Å². The lowest BCUT2D eigenvalue weighted by molar-refractivity contribution is -0.149. The van der Waals surface area contributed by atoms with E-state index in [0.29, 0.717) is 45.1 Å². The summed E-state index contributed by atoms with van der Waals surface area (Å²) in [4.78, 5) is 25.0. The Hall–Kier alpha value is -2.28. The first kappa shape index (κ1) is 24.8. The molecular weight excluding hydrogens is 374 g/mol. The molecule has 0 radical (unpaired) electrons. The minimum Gasteiger partial charge on any atom is -0.492 e. The molecule has 1 amide bonds. The Bertz CT molecular complexity index is 589. The summed E-state index contributed by atoms with van der Waals surface area (Å²) >= 11 is 0. The number of nitrogens with zero attached hydrogens (tertiary/aromatic N) is 1. The number of aliphatic carboxylic acids is 1. The van der Waals surface area contributed by atoms with Crippen molar-refractivity contribution < 1.29 is 28.9 Å². The monoisotopic (exact) mass is 409 g/mol. The topological polar surface area (TPSA) is 85.3 Å². The molecule has 0 bridgehead atoms. The second-order valence-corrected chi connectivity index (χ2v) is 6.73. The summed E-state index contributed by atoms with van der Waals surface area (Å²) in [6, 6.07) is 7.27. The van der Waals surface area contributed by atoms with Crippen LogP contribution in [-0.4, -0.2) is 61.1 Å². The third-order valence-corrected chi connectivity index (χ3v) is 4.43. The molecule has 0 saturated carbocycles. The number of amides is 1. The summed E-state index contributed by atoms with van der Waals surface area (Å²) in [5, 5.41) is 9.17. The van der Waals surface area contributed by atoms with Crippen LogP contribution in [0, 0.1) is 0 Å². The van der Waals surface area contributed by atoms with Crippen molar-refractivity contribution in [1.29, 1.82) is 0 Å². The summed E-state index contributed by atoms with van der Waals surface area (Å²) in [5.41, 5.74) is 0.863. The van der Waals surface area contributed by atoms with Crippen molar-refractivity contribution >= 4 is 12.1 Å². The van der Waals surface area contributed by atoms with Gasteiger partial charge in [0.2, 0.25) is 0 Å². The lowest BCUT2D eigenvalue weighted by Gasteiger charge is -2.22. The summed E-state index contributed by atoms with van der Waals surface area (Å²) in [6.07, 6.45) is 3.50. The van der Waals surface area contributed by atoms with Gasteiger partial charge in [-0.1, -0.05) is 38.3 Å². The van der Waals surface area contributed by atoms with Crippen LogP contribution in [0.4, 0.5) is 4.79 Å². The normalized spacial score (nSPS) is 11.7. The zero-order valence-electron chi connectivity index (χ0n) is 17.9. The van der Waals surface area contributed by atoms with Gasteiger partial charge in [0.1, 0.15) is 12.4 Å². The predicted molar refractivity (Wildman–Crippen MR) is 111 cm³/mol. The highest BCUT2D eigenvalue weighted by atomic mass is 16.6. The highest BCUT2D eigenvalue weighted by Crippen LogP contribution is 2.15. The molecule has 0 aliphatic heterocycles. The van der Waals surface area contributed by atoms with Crippen molar-refractivity contribution in [2.24, 2.45) is 0 Å². The first-order valence-electron chi connectivity index (χ1n) is 10.5. The SMILES string of the molecule is CCCCCCN(CCOc1ccc(CC(OCC)C(=O)O)cc1)C(=O)OCC. The Labute approximate surface area is 173 Å². The average molecular weight is 410 g/mol. The molecule has 7 heteroatoms. The van der Waals surface area contributed by atoms with Gasteiger partial charge in [-0.3, -0.25) is 0 Å². The fourth-order valence-corrected chi connectivity index (χ4v) is 2.87. The molecule has 1 rings (SSSR count). The van der Waals surface area contributed by atoms with E-state index in [4.69, 9.17) is 14.2 Å². The Morgan fingerprint density at radius 1 is 1.00 bits per heavy atom. The molecular formula is C22H35NO6. The minimum absolute atomic E-state index is 0.303. The number of hydrogen-bond acceptors (Lipinski definition) is 5. The summed E-state index contributed by atoms with van der Waals surface area (Å²) in [6.45, 7) is 7.91. The summed E-state index contributed by atoms with van der Waals surface area (Å²) < 4.78 is 16.1. The molecule has 1 unspecified atom stereocenters. The van der Waals surface area contributed by atoms with Crippen LogP contribution in [0.5, 0.6) is 5.75 Å². The van der Waals surface area contributed by atoms with Crippen LogP contribution in [-0.2, 0) is 20.7 Å². The number of rotatable bonds is 15. The van der Waals surface area contributed by atoms with E-state index in [9.17, 15) is 14.7 Å². The molecule has 29 heavy (non-hydrogen) atoms. The van der Waals surface area contributed by atoms with Crippen molar-refractivity contribution in [3.8, 4) is 5.75 Å². The molecule has 0 spiro atoms. The molecule has 0 fully saturated rings. The third-order valence-electron chi connectivity index (χ3n) is 4.43. The molecule has 1 atom stereocenters. The van der Waals surface area contributed by atoms with Gasteiger partial charge in [-0.2, -0.15) is 0 Å². The molecule has 1 aromatic carbocycles. The van der Waals surface area contributed by atoms with Gasteiger partial charge in [0, 0.05) is 19.6 Å². The summed E-state index contributed by atoms with van der Waals surface area (Å²) in [7, 11) is 0. The first-order chi connectivity index (χ1) is 14.0. The first-order valence-corrected chi connectivity index (χ1v) is 10.5. The molecule has 0 aromatic heterocycles.